The lowest BCUT2D eigenvalue weighted by Gasteiger charge is -2.19. The molecule has 4 N–H and O–H groups in total. The molecule has 10 heteroatoms. The maximum Gasteiger partial charge on any atom is 0.247 e. The Morgan fingerprint density at radius 2 is 1.50 bits per heavy atom. The topological polar surface area (TPSA) is 135 Å². The van der Waals surface area contributed by atoms with E-state index in [0.717, 1.165) is 0 Å². The molecule has 3 aromatic carbocycles. The number of amides is 1. The van der Waals surface area contributed by atoms with Crippen LogP contribution in [-0.2, 0) is 31.3 Å². The molecule has 0 aliphatic carbocycles. The Labute approximate surface area is 187 Å². The minimum Gasteiger partial charge on any atom is -0.324 e. The number of anilines is 1. The molecule has 0 bridgehead atoms. The summed E-state index contributed by atoms with van der Waals surface area (Å²) in [6, 6.07) is 19.1. The fourth-order valence-corrected chi connectivity index (χ4v) is 5.22. The van der Waals surface area contributed by atoms with Gasteiger partial charge in [0.15, 0.2) is 0 Å². The molecule has 0 saturated heterocycles. The molecule has 0 aliphatic heterocycles. The number of carbonyl (C=O) groups is 1. The molecule has 0 fully saturated rings. The van der Waals surface area contributed by atoms with Crippen molar-refractivity contribution in [3.05, 3.63) is 90.0 Å². The van der Waals surface area contributed by atoms with Crippen molar-refractivity contribution < 1.29 is 21.6 Å². The summed E-state index contributed by atoms with van der Waals surface area (Å²) in [4.78, 5) is 13.0. The van der Waals surface area contributed by atoms with E-state index in [1.165, 1.54) is 18.2 Å². The first-order chi connectivity index (χ1) is 15.1. The first-order valence-corrected chi connectivity index (χ1v) is 12.7. The Hall–Kier alpha value is -3.05. The highest BCUT2D eigenvalue weighted by molar-refractivity contribution is 7.89. The molecule has 1 unspecified atom stereocenters. The lowest BCUT2D eigenvalue weighted by Crippen LogP contribution is -2.37. The quantitative estimate of drug-likeness (QED) is 0.462. The molecule has 8 nitrogen and oxygen atoms in total. The fourth-order valence-electron chi connectivity index (χ4n) is 3.14. The van der Waals surface area contributed by atoms with Crippen LogP contribution in [0.1, 0.15) is 24.1 Å². The highest BCUT2D eigenvalue weighted by Crippen LogP contribution is 2.23. The van der Waals surface area contributed by atoms with Crippen LogP contribution in [0.15, 0.2) is 88.7 Å². The van der Waals surface area contributed by atoms with E-state index in [0.29, 0.717) is 17.5 Å². The largest absolute Gasteiger partial charge is 0.324 e. The minimum absolute atomic E-state index is 0.0116. The normalized spacial score (nSPS) is 12.8. The number of sulfonamides is 2. The average Bonchev–Trinajstić information content (AvgIpc) is 2.78. The summed E-state index contributed by atoms with van der Waals surface area (Å²) in [5.74, 6) is -0.680. The SMILES string of the molecule is CCc1ccc(NC(=O)C(NS(=O)(=O)c2ccccc2)c2ccccc2)cc1S(N)(=O)=O. The molecular formula is C22H23N3O5S2. The first kappa shape index (κ1) is 23.6. The molecule has 168 valence electrons. The monoisotopic (exact) mass is 473 g/mol. The van der Waals surface area contributed by atoms with E-state index in [1.54, 1.807) is 67.6 Å². The highest BCUT2D eigenvalue weighted by atomic mass is 32.2. The van der Waals surface area contributed by atoms with Gasteiger partial charge in [0, 0.05) is 5.69 Å². The third-order valence-electron chi connectivity index (χ3n) is 4.74. The minimum atomic E-state index is -4.01. The van der Waals surface area contributed by atoms with Crippen LogP contribution in [0.4, 0.5) is 5.69 Å². The van der Waals surface area contributed by atoms with Gasteiger partial charge in [-0.25, -0.2) is 22.0 Å². The number of nitrogens with two attached hydrogens (primary N) is 1. The van der Waals surface area contributed by atoms with Crippen LogP contribution in [0.25, 0.3) is 0 Å². The standard InChI is InChI=1S/C22H23N3O5S2/c1-2-16-13-14-18(15-20(16)31(23,27)28)24-22(26)21(17-9-5-3-6-10-17)25-32(29,30)19-11-7-4-8-12-19/h3-15,21,25H,2H2,1H3,(H,24,26)(H2,23,27,28). The zero-order valence-electron chi connectivity index (χ0n) is 17.2. The van der Waals surface area contributed by atoms with Crippen LogP contribution in [0.2, 0.25) is 0 Å². The Morgan fingerprint density at radius 1 is 0.906 bits per heavy atom. The second-order valence-corrected chi connectivity index (χ2v) is 10.2. The summed E-state index contributed by atoms with van der Waals surface area (Å²) in [5, 5.41) is 7.89. The van der Waals surface area contributed by atoms with Gasteiger partial charge in [-0.3, -0.25) is 4.79 Å². The van der Waals surface area contributed by atoms with Gasteiger partial charge in [0.1, 0.15) is 6.04 Å². The summed E-state index contributed by atoms with van der Waals surface area (Å²) in [5.41, 5.74) is 1.10. The van der Waals surface area contributed by atoms with E-state index >= 15 is 0 Å². The molecule has 1 amide bonds. The molecule has 3 rings (SSSR count). The van der Waals surface area contributed by atoms with Gasteiger partial charge in [0.2, 0.25) is 26.0 Å². The smallest absolute Gasteiger partial charge is 0.247 e. The van der Waals surface area contributed by atoms with Crippen LogP contribution in [0.5, 0.6) is 0 Å². The number of carbonyl (C=O) groups excluding carboxylic acids is 1. The number of hydrogen-bond donors (Lipinski definition) is 3. The molecule has 1 atom stereocenters. The Morgan fingerprint density at radius 3 is 2.06 bits per heavy atom. The van der Waals surface area contributed by atoms with Crippen molar-refractivity contribution in [3.8, 4) is 0 Å². The number of primary sulfonamides is 1. The third kappa shape index (κ3) is 5.60. The predicted octanol–water partition coefficient (Wildman–Crippen LogP) is 2.55. The van der Waals surface area contributed by atoms with Gasteiger partial charge < -0.3 is 5.32 Å². The van der Waals surface area contributed by atoms with Crippen molar-refractivity contribution in [3.63, 3.8) is 0 Å². The van der Waals surface area contributed by atoms with Crippen molar-refractivity contribution in [1.29, 1.82) is 0 Å². The Kier molecular flexibility index (Phi) is 7.09. The van der Waals surface area contributed by atoms with Gasteiger partial charge in [0.05, 0.1) is 9.79 Å². The van der Waals surface area contributed by atoms with Crippen LogP contribution < -0.4 is 15.2 Å². The van der Waals surface area contributed by atoms with E-state index in [-0.39, 0.29) is 15.5 Å². The summed E-state index contributed by atoms with van der Waals surface area (Å²) in [6.45, 7) is 1.78. The molecule has 3 aromatic rings. The molecule has 0 aliphatic rings. The average molecular weight is 474 g/mol. The molecular weight excluding hydrogens is 450 g/mol. The number of hydrogen-bond acceptors (Lipinski definition) is 5. The molecule has 32 heavy (non-hydrogen) atoms. The second-order valence-electron chi connectivity index (χ2n) is 6.99. The Bertz CT molecular complexity index is 1310. The molecule has 0 spiro atoms. The van der Waals surface area contributed by atoms with E-state index in [2.05, 4.69) is 10.0 Å². The lowest BCUT2D eigenvalue weighted by atomic mass is 10.1. The van der Waals surface area contributed by atoms with Crippen LogP contribution in [0.3, 0.4) is 0 Å². The maximum atomic E-state index is 13.1. The summed E-state index contributed by atoms with van der Waals surface area (Å²) < 4.78 is 52.0. The first-order valence-electron chi connectivity index (χ1n) is 9.70. The maximum absolute atomic E-state index is 13.1. The van der Waals surface area contributed by atoms with E-state index in [1.807, 2.05) is 0 Å². The lowest BCUT2D eigenvalue weighted by molar-refractivity contribution is -0.117. The van der Waals surface area contributed by atoms with Gasteiger partial charge >= 0.3 is 0 Å². The zero-order valence-corrected chi connectivity index (χ0v) is 18.9. The molecule has 0 radical (unpaired) electrons. The van der Waals surface area contributed by atoms with Gasteiger partial charge in [-0.15, -0.1) is 0 Å². The third-order valence-corrected chi connectivity index (χ3v) is 7.18. The highest BCUT2D eigenvalue weighted by Gasteiger charge is 2.27. The van der Waals surface area contributed by atoms with E-state index in [9.17, 15) is 21.6 Å². The van der Waals surface area contributed by atoms with Crippen molar-refractivity contribution in [2.75, 3.05) is 5.32 Å². The number of benzene rings is 3. The molecule has 0 aromatic heterocycles. The van der Waals surface area contributed by atoms with Crippen LogP contribution in [-0.4, -0.2) is 22.7 Å². The fraction of sp³-hybridized carbons (Fsp3) is 0.136. The second kappa shape index (κ2) is 9.61. The van der Waals surface area contributed by atoms with Crippen molar-refractivity contribution in [2.24, 2.45) is 5.14 Å². The van der Waals surface area contributed by atoms with Crippen molar-refractivity contribution in [1.82, 2.24) is 4.72 Å². The van der Waals surface area contributed by atoms with Crippen LogP contribution in [0, 0.1) is 0 Å². The summed E-state index contributed by atoms with van der Waals surface area (Å²) in [7, 11) is -8.02. The summed E-state index contributed by atoms with van der Waals surface area (Å²) >= 11 is 0. The van der Waals surface area contributed by atoms with Crippen molar-refractivity contribution in [2.45, 2.75) is 29.2 Å². The van der Waals surface area contributed by atoms with E-state index in [4.69, 9.17) is 5.14 Å². The van der Waals surface area contributed by atoms with Gasteiger partial charge in [-0.2, -0.15) is 4.72 Å². The molecule has 0 heterocycles. The van der Waals surface area contributed by atoms with Crippen LogP contribution >= 0.6 is 0 Å². The predicted molar refractivity (Wildman–Crippen MR) is 122 cm³/mol. The number of aryl methyl sites for hydroxylation is 1. The van der Waals surface area contributed by atoms with E-state index < -0.39 is 32.0 Å². The van der Waals surface area contributed by atoms with Gasteiger partial charge in [-0.1, -0.05) is 61.5 Å². The number of rotatable bonds is 8. The Balaban J connectivity index is 1.96. The van der Waals surface area contributed by atoms with Crippen molar-refractivity contribution >= 4 is 31.6 Å². The van der Waals surface area contributed by atoms with Gasteiger partial charge in [0.25, 0.3) is 0 Å². The summed E-state index contributed by atoms with van der Waals surface area (Å²) in [6.07, 6.45) is 0.434. The van der Waals surface area contributed by atoms with Gasteiger partial charge in [-0.05, 0) is 41.8 Å². The molecule has 0 saturated carbocycles. The number of nitrogens with one attached hydrogen (secondary N) is 2. The zero-order chi connectivity index (χ0) is 23.4.